The van der Waals surface area contributed by atoms with E-state index in [4.69, 9.17) is 21.1 Å². The number of methoxy groups -OCH3 is 1. The molecule has 1 aliphatic rings. The molecular formula is C15H22ClNO2. The second-order valence-corrected chi connectivity index (χ2v) is 5.47. The molecular weight excluding hydrogens is 262 g/mol. The Hall–Kier alpha value is -0.610. The number of hydrogen-bond donors (Lipinski definition) is 1. The molecule has 2 atom stereocenters. The highest BCUT2D eigenvalue weighted by molar-refractivity contribution is 6.20. The van der Waals surface area contributed by atoms with Crippen LogP contribution in [-0.2, 0) is 15.9 Å². The predicted octanol–water partition coefficient (Wildman–Crippen LogP) is 2.53. The van der Waals surface area contributed by atoms with Gasteiger partial charge in [0.15, 0.2) is 0 Å². The molecule has 0 aromatic heterocycles. The zero-order valence-corrected chi connectivity index (χ0v) is 12.2. The SMILES string of the molecule is COCC(Cl)CCNCC1OCCc2ccccc21. The number of fused-ring (bicyclic) bond motifs is 1. The van der Waals surface area contributed by atoms with Crippen LogP contribution in [0.15, 0.2) is 24.3 Å². The zero-order chi connectivity index (χ0) is 13.5. The highest BCUT2D eigenvalue weighted by Gasteiger charge is 2.19. The maximum atomic E-state index is 6.09. The molecule has 106 valence electrons. The second kappa shape index (κ2) is 7.85. The lowest BCUT2D eigenvalue weighted by atomic mass is 9.97. The van der Waals surface area contributed by atoms with Crippen LogP contribution in [0.4, 0.5) is 0 Å². The monoisotopic (exact) mass is 283 g/mol. The lowest BCUT2D eigenvalue weighted by molar-refractivity contribution is 0.0425. The maximum Gasteiger partial charge on any atom is 0.0952 e. The quantitative estimate of drug-likeness (QED) is 0.616. The predicted molar refractivity (Wildman–Crippen MR) is 77.8 cm³/mol. The first-order valence-electron chi connectivity index (χ1n) is 6.84. The van der Waals surface area contributed by atoms with Gasteiger partial charge in [0.05, 0.1) is 24.7 Å². The standard InChI is InChI=1S/C15H22ClNO2/c1-18-11-13(16)6-8-17-10-15-14-5-3-2-4-12(14)7-9-19-15/h2-5,13,15,17H,6-11H2,1H3. The Labute approximate surface area is 120 Å². The van der Waals surface area contributed by atoms with Gasteiger partial charge in [0, 0.05) is 13.7 Å². The van der Waals surface area contributed by atoms with Gasteiger partial charge in [-0.2, -0.15) is 0 Å². The van der Waals surface area contributed by atoms with Crippen molar-refractivity contribution >= 4 is 11.6 Å². The Morgan fingerprint density at radius 3 is 3.16 bits per heavy atom. The minimum atomic E-state index is 0.0806. The van der Waals surface area contributed by atoms with Crippen molar-refractivity contribution in [1.29, 1.82) is 0 Å². The molecule has 1 aliphatic heterocycles. The number of ether oxygens (including phenoxy) is 2. The van der Waals surface area contributed by atoms with E-state index in [0.717, 1.165) is 32.5 Å². The Kier molecular flexibility index (Phi) is 6.11. The number of hydrogen-bond acceptors (Lipinski definition) is 3. The molecule has 1 heterocycles. The van der Waals surface area contributed by atoms with Crippen LogP contribution in [-0.4, -0.2) is 38.8 Å². The van der Waals surface area contributed by atoms with Crippen LogP contribution in [0.2, 0.25) is 0 Å². The minimum Gasteiger partial charge on any atom is -0.383 e. The molecule has 0 amide bonds. The molecule has 0 spiro atoms. The van der Waals surface area contributed by atoms with E-state index >= 15 is 0 Å². The normalized spacial score (nSPS) is 20.0. The average Bonchev–Trinajstić information content (AvgIpc) is 2.44. The van der Waals surface area contributed by atoms with Crippen molar-refractivity contribution in [2.45, 2.75) is 24.3 Å². The molecule has 2 unspecified atom stereocenters. The summed E-state index contributed by atoms with van der Waals surface area (Å²) in [7, 11) is 1.68. The van der Waals surface area contributed by atoms with Crippen molar-refractivity contribution in [2.24, 2.45) is 0 Å². The molecule has 3 nitrogen and oxygen atoms in total. The van der Waals surface area contributed by atoms with Gasteiger partial charge >= 0.3 is 0 Å². The Balaban J connectivity index is 1.75. The van der Waals surface area contributed by atoms with Crippen LogP contribution in [0.3, 0.4) is 0 Å². The van der Waals surface area contributed by atoms with Gasteiger partial charge in [0.25, 0.3) is 0 Å². The Morgan fingerprint density at radius 1 is 1.47 bits per heavy atom. The van der Waals surface area contributed by atoms with E-state index in [1.165, 1.54) is 11.1 Å². The summed E-state index contributed by atoms with van der Waals surface area (Å²) < 4.78 is 10.9. The van der Waals surface area contributed by atoms with Gasteiger partial charge in [-0.15, -0.1) is 11.6 Å². The zero-order valence-electron chi connectivity index (χ0n) is 11.4. The van der Waals surface area contributed by atoms with Gasteiger partial charge in [0.1, 0.15) is 0 Å². The van der Waals surface area contributed by atoms with Gasteiger partial charge in [-0.1, -0.05) is 24.3 Å². The molecule has 0 fully saturated rings. The number of rotatable bonds is 7. The third-order valence-corrected chi connectivity index (χ3v) is 3.75. The molecule has 0 saturated heterocycles. The lowest BCUT2D eigenvalue weighted by Gasteiger charge is -2.26. The fourth-order valence-electron chi connectivity index (χ4n) is 2.40. The molecule has 1 aromatic carbocycles. The summed E-state index contributed by atoms with van der Waals surface area (Å²) in [6.07, 6.45) is 2.09. The van der Waals surface area contributed by atoms with Crippen molar-refractivity contribution < 1.29 is 9.47 Å². The van der Waals surface area contributed by atoms with E-state index in [1.807, 2.05) is 0 Å². The highest BCUT2D eigenvalue weighted by Crippen LogP contribution is 2.26. The van der Waals surface area contributed by atoms with Gasteiger partial charge in [-0.3, -0.25) is 0 Å². The Morgan fingerprint density at radius 2 is 2.32 bits per heavy atom. The van der Waals surface area contributed by atoms with E-state index in [1.54, 1.807) is 7.11 Å². The second-order valence-electron chi connectivity index (χ2n) is 4.85. The Bertz CT molecular complexity index is 386. The van der Waals surface area contributed by atoms with Crippen LogP contribution in [0, 0.1) is 0 Å². The molecule has 0 aliphatic carbocycles. The summed E-state index contributed by atoms with van der Waals surface area (Å²) >= 11 is 6.09. The van der Waals surface area contributed by atoms with E-state index < -0.39 is 0 Å². The summed E-state index contributed by atoms with van der Waals surface area (Å²) in [5.41, 5.74) is 2.73. The summed E-state index contributed by atoms with van der Waals surface area (Å²) in [6.45, 7) is 3.14. The van der Waals surface area contributed by atoms with Crippen molar-refractivity contribution in [1.82, 2.24) is 5.32 Å². The van der Waals surface area contributed by atoms with Crippen molar-refractivity contribution in [3.8, 4) is 0 Å². The fourth-order valence-corrected chi connectivity index (χ4v) is 2.64. The minimum absolute atomic E-state index is 0.0806. The third kappa shape index (κ3) is 4.46. The van der Waals surface area contributed by atoms with Crippen molar-refractivity contribution in [3.05, 3.63) is 35.4 Å². The first kappa shape index (κ1) is 14.8. The van der Waals surface area contributed by atoms with Crippen molar-refractivity contribution in [3.63, 3.8) is 0 Å². The molecule has 2 rings (SSSR count). The van der Waals surface area contributed by atoms with Crippen LogP contribution in [0.5, 0.6) is 0 Å². The van der Waals surface area contributed by atoms with Gasteiger partial charge < -0.3 is 14.8 Å². The van der Waals surface area contributed by atoms with Gasteiger partial charge in [-0.05, 0) is 30.5 Å². The molecule has 19 heavy (non-hydrogen) atoms. The maximum absolute atomic E-state index is 6.09. The van der Waals surface area contributed by atoms with Crippen LogP contribution in [0.1, 0.15) is 23.7 Å². The summed E-state index contributed by atoms with van der Waals surface area (Å²) in [5, 5.41) is 3.50. The fraction of sp³-hybridized carbons (Fsp3) is 0.600. The molecule has 1 aromatic rings. The topological polar surface area (TPSA) is 30.5 Å². The van der Waals surface area contributed by atoms with Crippen LogP contribution >= 0.6 is 11.6 Å². The number of alkyl halides is 1. The molecule has 4 heteroatoms. The molecule has 0 radical (unpaired) electrons. The van der Waals surface area contributed by atoms with E-state index in [9.17, 15) is 0 Å². The highest BCUT2D eigenvalue weighted by atomic mass is 35.5. The molecule has 0 bridgehead atoms. The van der Waals surface area contributed by atoms with Gasteiger partial charge in [0.2, 0.25) is 0 Å². The van der Waals surface area contributed by atoms with E-state index in [0.29, 0.717) is 6.61 Å². The number of nitrogens with one attached hydrogen (secondary N) is 1. The smallest absolute Gasteiger partial charge is 0.0952 e. The first-order chi connectivity index (χ1) is 9.31. The third-order valence-electron chi connectivity index (χ3n) is 3.40. The molecule has 0 saturated carbocycles. The summed E-state index contributed by atoms with van der Waals surface area (Å²) in [4.78, 5) is 0. The number of benzene rings is 1. The van der Waals surface area contributed by atoms with Gasteiger partial charge in [-0.25, -0.2) is 0 Å². The van der Waals surface area contributed by atoms with E-state index in [2.05, 4.69) is 29.6 Å². The number of halogens is 1. The van der Waals surface area contributed by atoms with Crippen molar-refractivity contribution in [2.75, 3.05) is 33.4 Å². The van der Waals surface area contributed by atoms with Crippen LogP contribution < -0.4 is 5.32 Å². The van der Waals surface area contributed by atoms with E-state index in [-0.39, 0.29) is 11.5 Å². The first-order valence-corrected chi connectivity index (χ1v) is 7.28. The summed E-state index contributed by atoms with van der Waals surface area (Å²) in [5.74, 6) is 0. The molecule has 1 N–H and O–H groups in total. The largest absolute Gasteiger partial charge is 0.383 e. The summed E-state index contributed by atoms with van der Waals surface area (Å²) in [6, 6.07) is 8.53. The lowest BCUT2D eigenvalue weighted by Crippen LogP contribution is -2.29. The average molecular weight is 284 g/mol. The van der Waals surface area contributed by atoms with Crippen LogP contribution in [0.25, 0.3) is 0 Å².